The van der Waals surface area contributed by atoms with Gasteiger partial charge in [-0.15, -0.1) is 0 Å². The Balaban J connectivity index is 1.87. The van der Waals surface area contributed by atoms with Crippen LogP contribution in [0.15, 0.2) is 65.4 Å². The lowest BCUT2D eigenvalue weighted by Gasteiger charge is -2.30. The number of pyridine rings is 1. The van der Waals surface area contributed by atoms with Gasteiger partial charge in [-0.1, -0.05) is 22.0 Å². The minimum atomic E-state index is -0.0231. The topological polar surface area (TPSA) is 33.1 Å². The third-order valence-electron chi connectivity index (χ3n) is 5.19. The van der Waals surface area contributed by atoms with Crippen LogP contribution >= 0.6 is 28.1 Å². The summed E-state index contributed by atoms with van der Waals surface area (Å²) in [4.78, 5) is 6.85. The molecular weight excluding hydrogens is 432 g/mol. The Kier molecular flexibility index (Phi) is 5.25. The largest absolute Gasteiger partial charge is 0.351 e. The molecule has 1 aliphatic heterocycles. The minimum Gasteiger partial charge on any atom is -0.351 e. The number of thiocarbonyl (C=S) groups is 1. The summed E-state index contributed by atoms with van der Waals surface area (Å²) in [6.45, 7) is 6.50. The predicted octanol–water partition coefficient (Wildman–Crippen LogP) is 5.71. The highest BCUT2D eigenvalue weighted by molar-refractivity contribution is 9.10. The smallest absolute Gasteiger partial charge is 0.174 e. The number of hydrogen-bond acceptors (Lipinski definition) is 2. The summed E-state index contributed by atoms with van der Waals surface area (Å²) >= 11 is 9.41. The van der Waals surface area contributed by atoms with Crippen LogP contribution in [0.2, 0.25) is 0 Å². The minimum absolute atomic E-state index is 0.0142. The summed E-state index contributed by atoms with van der Waals surface area (Å²) < 4.78 is 3.41. The fraction of sp³-hybridized carbons (Fsp3) is 0.273. The third-order valence-corrected chi connectivity index (χ3v) is 6.39. The number of aromatic nitrogens is 2. The van der Waals surface area contributed by atoms with Crippen molar-refractivity contribution in [3.8, 4) is 0 Å². The molecule has 1 saturated heterocycles. The molecule has 0 amide bonds. The number of benzene rings is 1. The monoisotopic (exact) mass is 454 g/mol. The van der Waals surface area contributed by atoms with E-state index in [9.17, 15) is 0 Å². The standard InChI is InChI=1S/C22H23BrN4S/c1-14(2)26-12-6-8-19(26)21-20(18-7-4-5-11-24-18)25-22(28)27(21)16-9-10-17(23)15(3)13-16/h4-14,20-21H,1-3H3,(H,25,28)/t20-,21+/m0/s1. The fourth-order valence-corrected chi connectivity index (χ4v) is 4.43. The van der Waals surface area contributed by atoms with Crippen molar-refractivity contribution in [1.29, 1.82) is 0 Å². The maximum atomic E-state index is 5.80. The number of rotatable bonds is 4. The first kappa shape index (κ1) is 19.2. The maximum Gasteiger partial charge on any atom is 0.174 e. The van der Waals surface area contributed by atoms with Gasteiger partial charge in [0.2, 0.25) is 0 Å². The first-order chi connectivity index (χ1) is 13.5. The molecule has 2 atom stereocenters. The van der Waals surface area contributed by atoms with E-state index >= 15 is 0 Å². The molecule has 6 heteroatoms. The number of aryl methyl sites for hydroxylation is 1. The normalized spacial score (nSPS) is 19.3. The highest BCUT2D eigenvalue weighted by Gasteiger charge is 2.42. The molecule has 1 N–H and O–H groups in total. The Bertz CT molecular complexity index is 999. The molecule has 0 aliphatic carbocycles. The van der Waals surface area contributed by atoms with Crippen LogP contribution in [0.3, 0.4) is 0 Å². The SMILES string of the molecule is Cc1cc(N2C(=S)N[C@@H](c3ccccn3)[C@H]2c2cccn2C(C)C)ccc1Br. The molecule has 1 aliphatic rings. The second-order valence-corrected chi connectivity index (χ2v) is 8.61. The molecule has 1 aromatic carbocycles. The molecule has 1 fully saturated rings. The van der Waals surface area contributed by atoms with Crippen molar-refractivity contribution in [2.45, 2.75) is 38.9 Å². The predicted molar refractivity (Wildman–Crippen MR) is 122 cm³/mol. The molecule has 0 spiro atoms. The van der Waals surface area contributed by atoms with E-state index in [1.165, 1.54) is 11.3 Å². The Morgan fingerprint density at radius 3 is 2.64 bits per heavy atom. The summed E-state index contributed by atoms with van der Waals surface area (Å²) in [6.07, 6.45) is 3.98. The molecule has 0 unspecified atom stereocenters. The van der Waals surface area contributed by atoms with E-state index in [1.807, 2.05) is 18.3 Å². The van der Waals surface area contributed by atoms with E-state index in [4.69, 9.17) is 12.2 Å². The van der Waals surface area contributed by atoms with Gasteiger partial charge in [0.15, 0.2) is 5.11 Å². The Hall–Kier alpha value is -2.18. The van der Waals surface area contributed by atoms with Crippen LogP contribution in [0, 0.1) is 6.92 Å². The van der Waals surface area contributed by atoms with Crippen molar-refractivity contribution < 1.29 is 0 Å². The maximum absolute atomic E-state index is 5.80. The van der Waals surface area contributed by atoms with Crippen LogP contribution in [-0.2, 0) is 0 Å². The zero-order valence-corrected chi connectivity index (χ0v) is 18.5. The van der Waals surface area contributed by atoms with E-state index in [0.29, 0.717) is 6.04 Å². The van der Waals surface area contributed by atoms with Gasteiger partial charge in [-0.2, -0.15) is 0 Å². The molecule has 144 valence electrons. The van der Waals surface area contributed by atoms with Gasteiger partial charge in [-0.25, -0.2) is 0 Å². The molecule has 3 heterocycles. The van der Waals surface area contributed by atoms with Gasteiger partial charge in [0.25, 0.3) is 0 Å². The van der Waals surface area contributed by atoms with Gasteiger partial charge < -0.3 is 14.8 Å². The molecule has 3 aromatic rings. The summed E-state index contributed by atoms with van der Waals surface area (Å²) in [5.74, 6) is 0. The van der Waals surface area contributed by atoms with Crippen LogP contribution < -0.4 is 10.2 Å². The van der Waals surface area contributed by atoms with Gasteiger partial charge in [-0.05, 0) is 81.0 Å². The van der Waals surface area contributed by atoms with Gasteiger partial charge in [-0.3, -0.25) is 4.98 Å². The van der Waals surface area contributed by atoms with E-state index in [2.05, 4.69) is 99.1 Å². The zero-order valence-electron chi connectivity index (χ0n) is 16.1. The van der Waals surface area contributed by atoms with Gasteiger partial charge in [0.1, 0.15) is 6.04 Å². The first-order valence-electron chi connectivity index (χ1n) is 9.41. The molecular formula is C22H23BrN4S. The molecule has 28 heavy (non-hydrogen) atoms. The second-order valence-electron chi connectivity index (χ2n) is 7.36. The van der Waals surface area contributed by atoms with Crippen molar-refractivity contribution in [2.24, 2.45) is 0 Å². The summed E-state index contributed by atoms with van der Waals surface area (Å²) in [7, 11) is 0. The Morgan fingerprint density at radius 1 is 1.14 bits per heavy atom. The summed E-state index contributed by atoms with van der Waals surface area (Å²) in [5.41, 5.74) is 4.47. The van der Waals surface area contributed by atoms with Crippen molar-refractivity contribution in [3.05, 3.63) is 82.3 Å². The average Bonchev–Trinajstić information content (AvgIpc) is 3.29. The number of anilines is 1. The quantitative estimate of drug-likeness (QED) is 0.511. The lowest BCUT2D eigenvalue weighted by molar-refractivity contribution is 0.497. The van der Waals surface area contributed by atoms with E-state index in [1.54, 1.807) is 0 Å². The van der Waals surface area contributed by atoms with Gasteiger partial charge in [0, 0.05) is 34.3 Å². The lowest BCUT2D eigenvalue weighted by atomic mass is 10.0. The molecule has 0 saturated carbocycles. The Morgan fingerprint density at radius 2 is 1.96 bits per heavy atom. The van der Waals surface area contributed by atoms with Crippen LogP contribution in [0.4, 0.5) is 5.69 Å². The Labute approximate surface area is 179 Å². The zero-order chi connectivity index (χ0) is 19.8. The molecule has 4 nitrogen and oxygen atoms in total. The van der Waals surface area contributed by atoms with Crippen LogP contribution in [0.25, 0.3) is 0 Å². The molecule has 0 radical (unpaired) electrons. The summed E-state index contributed by atoms with van der Waals surface area (Å²) in [5, 5.41) is 4.25. The highest BCUT2D eigenvalue weighted by Crippen LogP contribution is 2.42. The first-order valence-corrected chi connectivity index (χ1v) is 10.6. The number of nitrogens with one attached hydrogen (secondary N) is 1. The van der Waals surface area contributed by atoms with Gasteiger partial charge >= 0.3 is 0 Å². The molecule has 0 bridgehead atoms. The number of hydrogen-bond donors (Lipinski definition) is 1. The van der Waals surface area contributed by atoms with E-state index < -0.39 is 0 Å². The van der Waals surface area contributed by atoms with Gasteiger partial charge in [0.05, 0.1) is 11.7 Å². The second kappa shape index (κ2) is 7.68. The van der Waals surface area contributed by atoms with Crippen molar-refractivity contribution in [1.82, 2.24) is 14.9 Å². The fourth-order valence-electron chi connectivity index (χ4n) is 3.84. The lowest BCUT2D eigenvalue weighted by Crippen LogP contribution is -2.30. The van der Waals surface area contributed by atoms with Crippen molar-refractivity contribution in [2.75, 3.05) is 4.90 Å². The van der Waals surface area contributed by atoms with Crippen LogP contribution in [0.5, 0.6) is 0 Å². The number of halogens is 1. The number of nitrogens with zero attached hydrogens (tertiary/aromatic N) is 3. The van der Waals surface area contributed by atoms with Crippen molar-refractivity contribution in [3.63, 3.8) is 0 Å². The molecule has 2 aromatic heterocycles. The molecule has 4 rings (SSSR count). The van der Waals surface area contributed by atoms with E-state index in [0.717, 1.165) is 21.0 Å². The highest BCUT2D eigenvalue weighted by atomic mass is 79.9. The van der Waals surface area contributed by atoms with E-state index in [-0.39, 0.29) is 12.1 Å². The van der Waals surface area contributed by atoms with Crippen LogP contribution in [-0.4, -0.2) is 14.7 Å². The van der Waals surface area contributed by atoms with Crippen LogP contribution in [0.1, 0.15) is 48.9 Å². The van der Waals surface area contributed by atoms with Crippen molar-refractivity contribution >= 4 is 38.9 Å². The third kappa shape index (κ3) is 3.35. The average molecular weight is 455 g/mol. The summed E-state index contributed by atoms with van der Waals surface area (Å²) in [6, 6.07) is 17.0.